The highest BCUT2D eigenvalue weighted by Crippen LogP contribution is 2.29. The fraction of sp³-hybridized carbons (Fsp3) is 0.611. The van der Waals surface area contributed by atoms with Crippen LogP contribution in [0.15, 0.2) is 49.1 Å². The van der Waals surface area contributed by atoms with Gasteiger partial charge in [-0.1, -0.05) is 76.3 Å². The van der Waals surface area contributed by atoms with Crippen molar-refractivity contribution in [3.05, 3.63) is 54.6 Å². The van der Waals surface area contributed by atoms with E-state index < -0.39 is 42.0 Å². The number of nitrogens with one attached hydrogen (secondary N) is 2. The Morgan fingerprint density at radius 3 is 2.43 bits per heavy atom. The number of nitrogens with zero attached hydrogens (tertiary/aromatic N) is 3. The average Bonchev–Trinajstić information content (AvgIpc) is 3.57. The van der Waals surface area contributed by atoms with Crippen molar-refractivity contribution in [1.29, 1.82) is 0 Å². The van der Waals surface area contributed by atoms with Gasteiger partial charge in [0, 0.05) is 45.4 Å². The van der Waals surface area contributed by atoms with E-state index in [4.69, 9.17) is 6.42 Å². The molecule has 0 radical (unpaired) electrons. The Kier molecular flexibility index (Phi) is 15.3. The van der Waals surface area contributed by atoms with Crippen molar-refractivity contribution in [2.24, 2.45) is 17.8 Å². The Morgan fingerprint density at radius 2 is 1.80 bits per heavy atom. The molecular formula is C36H53N5O5. The number of amides is 3. The number of benzene rings is 1. The third-order valence-corrected chi connectivity index (χ3v) is 8.91. The zero-order chi connectivity index (χ0) is 33.5. The molecule has 1 aromatic heterocycles. The highest BCUT2D eigenvalue weighted by molar-refractivity contribution is 5.91. The van der Waals surface area contributed by atoms with E-state index in [0.29, 0.717) is 38.3 Å². The van der Waals surface area contributed by atoms with Crippen LogP contribution in [-0.4, -0.2) is 80.3 Å². The first kappa shape index (κ1) is 36.8. The van der Waals surface area contributed by atoms with Crippen LogP contribution in [-0.2, 0) is 27.3 Å². The standard InChI is InChI=1S/C36H53N5O5/c1-5-12-30(36(46)39-31(23-28-15-10-7-11-16-28)34(44)32(42)21-26(2)3)38-35(45)29(22-27-13-8-6-9-14-27)24-33(43)40(4)19-20-41-18-17-37-25-41/h1,6,8-9,13-14,17-18,25-26,28-32,34,42,44H,7,10-12,15-16,19-24H2,2-4H3,(H,38,45)(H,39,46)/t29-,30+,31+,32+,34-/m1/s1. The first-order valence-corrected chi connectivity index (χ1v) is 16.7. The number of carbonyl (C=O) groups is 3. The molecule has 3 rings (SSSR count). The van der Waals surface area contributed by atoms with Gasteiger partial charge < -0.3 is 30.3 Å². The molecule has 1 aliphatic rings. The smallest absolute Gasteiger partial charge is 0.243 e. The third kappa shape index (κ3) is 12.3. The Labute approximate surface area is 274 Å². The molecule has 0 saturated heterocycles. The highest BCUT2D eigenvalue weighted by atomic mass is 16.3. The Hall–Kier alpha value is -3.68. The highest BCUT2D eigenvalue weighted by Gasteiger charge is 2.34. The van der Waals surface area contributed by atoms with Gasteiger partial charge in [-0.05, 0) is 36.7 Å². The van der Waals surface area contributed by atoms with Crippen LogP contribution in [0.5, 0.6) is 0 Å². The minimum Gasteiger partial charge on any atom is -0.390 e. The maximum atomic E-state index is 13.8. The van der Waals surface area contributed by atoms with Crippen LogP contribution in [0, 0.1) is 30.1 Å². The van der Waals surface area contributed by atoms with Gasteiger partial charge in [0.15, 0.2) is 0 Å². The summed E-state index contributed by atoms with van der Waals surface area (Å²) in [7, 11) is 1.71. The maximum absolute atomic E-state index is 13.8. The lowest BCUT2D eigenvalue weighted by Gasteiger charge is -2.33. The van der Waals surface area contributed by atoms with Crippen molar-refractivity contribution in [3.8, 4) is 12.3 Å². The quantitative estimate of drug-likeness (QED) is 0.186. The monoisotopic (exact) mass is 635 g/mol. The van der Waals surface area contributed by atoms with Gasteiger partial charge in [-0.25, -0.2) is 4.98 Å². The van der Waals surface area contributed by atoms with Gasteiger partial charge in [-0.15, -0.1) is 12.3 Å². The van der Waals surface area contributed by atoms with Crippen LogP contribution in [0.4, 0.5) is 0 Å². The summed E-state index contributed by atoms with van der Waals surface area (Å²) in [5.74, 6) is 1.10. The maximum Gasteiger partial charge on any atom is 0.243 e. The van der Waals surface area contributed by atoms with E-state index in [1.165, 1.54) is 6.42 Å². The van der Waals surface area contributed by atoms with Crippen LogP contribution in [0.25, 0.3) is 0 Å². The first-order valence-electron chi connectivity index (χ1n) is 16.7. The largest absolute Gasteiger partial charge is 0.390 e. The summed E-state index contributed by atoms with van der Waals surface area (Å²) in [6, 6.07) is 7.70. The third-order valence-electron chi connectivity index (χ3n) is 8.91. The number of imidazole rings is 1. The Balaban J connectivity index is 1.73. The number of aliphatic hydroxyl groups excluding tert-OH is 2. The van der Waals surface area contributed by atoms with Crippen LogP contribution >= 0.6 is 0 Å². The number of aromatic nitrogens is 2. The number of hydrogen-bond acceptors (Lipinski definition) is 6. The first-order chi connectivity index (χ1) is 22.1. The molecule has 46 heavy (non-hydrogen) atoms. The normalized spacial score (nSPS) is 16.9. The molecule has 5 atom stereocenters. The molecule has 1 aliphatic carbocycles. The minimum atomic E-state index is -1.16. The van der Waals surface area contributed by atoms with Crippen LogP contribution < -0.4 is 10.6 Å². The van der Waals surface area contributed by atoms with Gasteiger partial charge in [0.1, 0.15) is 12.1 Å². The SMILES string of the molecule is C#CC[C@H](NC(=O)[C@@H](CC(=O)N(C)CCn1ccnc1)Cc1ccccc1)C(=O)N[C@@H](CC1CCCCC1)[C@@H](O)[C@@H](O)CC(C)C. The van der Waals surface area contributed by atoms with E-state index in [1.807, 2.05) is 54.9 Å². The van der Waals surface area contributed by atoms with Crippen molar-refractivity contribution in [3.63, 3.8) is 0 Å². The summed E-state index contributed by atoms with van der Waals surface area (Å²) in [6.07, 6.45) is 15.2. The molecule has 1 saturated carbocycles. The second-order valence-electron chi connectivity index (χ2n) is 13.2. The predicted octanol–water partition coefficient (Wildman–Crippen LogP) is 3.32. The molecule has 0 bridgehead atoms. The number of aliphatic hydroxyl groups is 2. The molecule has 2 aromatic rings. The van der Waals surface area contributed by atoms with Crippen molar-refractivity contribution >= 4 is 17.7 Å². The molecule has 1 aromatic carbocycles. The fourth-order valence-electron chi connectivity index (χ4n) is 6.19. The second-order valence-corrected chi connectivity index (χ2v) is 13.2. The number of carbonyl (C=O) groups excluding carboxylic acids is 3. The van der Waals surface area contributed by atoms with Gasteiger partial charge in [0.2, 0.25) is 17.7 Å². The number of terminal acetylenes is 1. The van der Waals surface area contributed by atoms with Gasteiger partial charge in [-0.3, -0.25) is 14.4 Å². The molecule has 1 fully saturated rings. The molecule has 1 heterocycles. The Morgan fingerprint density at radius 1 is 1.09 bits per heavy atom. The summed E-state index contributed by atoms with van der Waals surface area (Å²) in [4.78, 5) is 46.3. The Bertz CT molecular complexity index is 1240. The number of likely N-dealkylation sites (N-methyl/N-ethyl adjacent to an activating group) is 1. The summed E-state index contributed by atoms with van der Waals surface area (Å²) in [5.41, 5.74) is 0.893. The molecule has 252 valence electrons. The summed E-state index contributed by atoms with van der Waals surface area (Å²) in [6.45, 7) is 4.96. The van der Waals surface area contributed by atoms with Gasteiger partial charge in [-0.2, -0.15) is 0 Å². The topological polar surface area (TPSA) is 137 Å². The van der Waals surface area contributed by atoms with E-state index in [0.717, 1.165) is 31.2 Å². The zero-order valence-electron chi connectivity index (χ0n) is 27.7. The van der Waals surface area contributed by atoms with Gasteiger partial charge in [0.05, 0.1) is 24.4 Å². The van der Waals surface area contributed by atoms with Crippen LogP contribution in [0.2, 0.25) is 0 Å². The van der Waals surface area contributed by atoms with E-state index in [2.05, 4.69) is 21.5 Å². The van der Waals surface area contributed by atoms with Gasteiger partial charge >= 0.3 is 0 Å². The average molecular weight is 636 g/mol. The van der Waals surface area contributed by atoms with Crippen molar-refractivity contribution in [2.45, 2.75) is 109 Å². The second kappa shape index (κ2) is 19.1. The number of rotatable bonds is 18. The lowest BCUT2D eigenvalue weighted by molar-refractivity contribution is -0.137. The predicted molar refractivity (Wildman–Crippen MR) is 178 cm³/mol. The van der Waals surface area contributed by atoms with Crippen molar-refractivity contribution in [1.82, 2.24) is 25.1 Å². The molecule has 4 N–H and O–H groups in total. The fourth-order valence-corrected chi connectivity index (χ4v) is 6.19. The van der Waals surface area contributed by atoms with Crippen molar-refractivity contribution < 1.29 is 24.6 Å². The van der Waals surface area contributed by atoms with Crippen molar-refractivity contribution in [2.75, 3.05) is 13.6 Å². The molecule has 3 amide bonds. The zero-order valence-corrected chi connectivity index (χ0v) is 27.7. The van der Waals surface area contributed by atoms with Crippen LogP contribution in [0.3, 0.4) is 0 Å². The minimum absolute atomic E-state index is 0.0457. The molecule has 0 spiro atoms. The van der Waals surface area contributed by atoms with E-state index in [1.54, 1.807) is 24.5 Å². The molecular weight excluding hydrogens is 582 g/mol. The van der Waals surface area contributed by atoms with Crippen LogP contribution in [0.1, 0.15) is 77.2 Å². The van der Waals surface area contributed by atoms with Gasteiger partial charge in [0.25, 0.3) is 0 Å². The van der Waals surface area contributed by atoms with E-state index in [-0.39, 0.29) is 24.7 Å². The molecule has 10 heteroatoms. The summed E-state index contributed by atoms with van der Waals surface area (Å²) < 4.78 is 1.88. The lowest BCUT2D eigenvalue weighted by Crippen LogP contribution is -2.56. The summed E-state index contributed by atoms with van der Waals surface area (Å²) >= 11 is 0. The van der Waals surface area contributed by atoms with E-state index >= 15 is 0 Å². The molecule has 10 nitrogen and oxygen atoms in total. The lowest BCUT2D eigenvalue weighted by atomic mass is 9.82. The number of hydrogen-bond donors (Lipinski definition) is 4. The van der Waals surface area contributed by atoms with E-state index in [9.17, 15) is 24.6 Å². The molecule has 0 aliphatic heterocycles. The molecule has 0 unspecified atom stereocenters. The summed E-state index contributed by atoms with van der Waals surface area (Å²) in [5, 5.41) is 27.7.